The molecule has 1 atom stereocenters. The van der Waals surface area contributed by atoms with Crippen LogP contribution in [-0.4, -0.2) is 21.2 Å². The van der Waals surface area contributed by atoms with Crippen molar-refractivity contribution in [2.24, 2.45) is 5.92 Å². The Balaban J connectivity index is 1.87. The molecule has 2 aromatic rings. The highest BCUT2D eigenvalue weighted by atomic mass is 16.5. The summed E-state index contributed by atoms with van der Waals surface area (Å²) >= 11 is 0. The number of hydrogen-bond acceptors (Lipinski definition) is 5. The lowest BCUT2D eigenvalue weighted by atomic mass is 9.94. The van der Waals surface area contributed by atoms with Gasteiger partial charge in [0.1, 0.15) is 11.3 Å². The van der Waals surface area contributed by atoms with Gasteiger partial charge in [-0.3, -0.25) is 4.79 Å². The van der Waals surface area contributed by atoms with Gasteiger partial charge in [0.25, 0.3) is 5.91 Å². The van der Waals surface area contributed by atoms with Crippen molar-refractivity contribution < 1.29 is 14.4 Å². The van der Waals surface area contributed by atoms with Crippen LogP contribution in [0.3, 0.4) is 0 Å². The number of nitrogens with zero attached hydrogens (tertiary/aromatic N) is 2. The molecule has 1 fully saturated rings. The molecule has 0 radical (unpaired) electrons. The van der Waals surface area contributed by atoms with Crippen molar-refractivity contribution in [2.75, 3.05) is 0 Å². The van der Waals surface area contributed by atoms with Crippen LogP contribution in [0, 0.1) is 12.8 Å². The lowest BCUT2D eigenvalue weighted by molar-refractivity contribution is 0.0885. The van der Waals surface area contributed by atoms with E-state index in [1.54, 1.807) is 19.1 Å². The molecule has 1 aromatic carbocycles. The van der Waals surface area contributed by atoms with Gasteiger partial charge in [-0.1, -0.05) is 11.2 Å². The van der Waals surface area contributed by atoms with Crippen molar-refractivity contribution in [3.63, 3.8) is 0 Å². The lowest BCUT2D eigenvalue weighted by Gasteiger charge is -2.27. The largest absolute Gasteiger partial charge is 0.508 e. The normalized spacial score (nSPS) is 17.2. The zero-order valence-electron chi connectivity index (χ0n) is 12.0. The van der Waals surface area contributed by atoms with E-state index in [4.69, 9.17) is 4.52 Å². The molecule has 110 valence electrons. The van der Waals surface area contributed by atoms with E-state index >= 15 is 0 Å². The van der Waals surface area contributed by atoms with Crippen molar-refractivity contribution in [1.29, 1.82) is 0 Å². The monoisotopic (exact) mass is 287 g/mol. The number of nitrogens with one attached hydrogen (secondary N) is 1. The number of aromatic hydroxyl groups is 1. The summed E-state index contributed by atoms with van der Waals surface area (Å²) in [5.74, 6) is 1.07. The van der Waals surface area contributed by atoms with Crippen LogP contribution in [-0.2, 0) is 5.54 Å². The van der Waals surface area contributed by atoms with E-state index in [0.29, 0.717) is 23.2 Å². The standard InChI is InChI=1S/C15H17N3O3/c1-9-16-14(18-21-9)15(2,11-6-7-11)17-13(20)10-4-3-5-12(19)8-10/h3-5,8,11,19H,6-7H2,1-2H3,(H,17,20). The summed E-state index contributed by atoms with van der Waals surface area (Å²) in [4.78, 5) is 16.7. The highest BCUT2D eigenvalue weighted by molar-refractivity contribution is 5.95. The first kappa shape index (κ1) is 13.6. The number of rotatable bonds is 4. The lowest BCUT2D eigenvalue weighted by Crippen LogP contribution is -2.46. The molecule has 0 aliphatic heterocycles. The molecular weight excluding hydrogens is 270 g/mol. The Morgan fingerprint density at radius 3 is 2.81 bits per heavy atom. The van der Waals surface area contributed by atoms with E-state index in [2.05, 4.69) is 15.5 Å². The minimum absolute atomic E-state index is 0.0613. The van der Waals surface area contributed by atoms with Crippen molar-refractivity contribution >= 4 is 5.91 Å². The van der Waals surface area contributed by atoms with Crippen LogP contribution in [0.4, 0.5) is 0 Å². The highest BCUT2D eigenvalue weighted by Crippen LogP contribution is 2.44. The first-order valence-corrected chi connectivity index (χ1v) is 6.91. The molecule has 1 aromatic heterocycles. The average molecular weight is 287 g/mol. The molecule has 0 spiro atoms. The number of carbonyl (C=O) groups is 1. The molecule has 2 N–H and O–H groups in total. The zero-order chi connectivity index (χ0) is 15.0. The molecule has 0 saturated heterocycles. The minimum atomic E-state index is -0.652. The number of hydrogen-bond donors (Lipinski definition) is 2. The molecule has 21 heavy (non-hydrogen) atoms. The molecule has 1 aliphatic rings. The Kier molecular flexibility index (Phi) is 3.16. The number of benzene rings is 1. The van der Waals surface area contributed by atoms with E-state index in [0.717, 1.165) is 12.8 Å². The second kappa shape index (κ2) is 4.87. The van der Waals surface area contributed by atoms with E-state index in [1.807, 2.05) is 6.92 Å². The summed E-state index contributed by atoms with van der Waals surface area (Å²) in [7, 11) is 0. The number of aromatic nitrogens is 2. The van der Waals surface area contributed by atoms with Crippen LogP contribution < -0.4 is 5.32 Å². The molecule has 3 rings (SSSR count). The van der Waals surface area contributed by atoms with Gasteiger partial charge in [-0.25, -0.2) is 0 Å². The van der Waals surface area contributed by atoms with Crippen LogP contribution in [0.1, 0.15) is 41.8 Å². The first-order valence-electron chi connectivity index (χ1n) is 6.91. The predicted molar refractivity (Wildman–Crippen MR) is 74.7 cm³/mol. The summed E-state index contributed by atoms with van der Waals surface area (Å²) in [6.07, 6.45) is 2.04. The molecule has 1 unspecified atom stereocenters. The van der Waals surface area contributed by atoms with Gasteiger partial charge in [-0.15, -0.1) is 0 Å². The Morgan fingerprint density at radius 1 is 1.48 bits per heavy atom. The predicted octanol–water partition coefficient (Wildman–Crippen LogP) is 2.14. The van der Waals surface area contributed by atoms with Crippen molar-refractivity contribution in [3.05, 3.63) is 41.5 Å². The van der Waals surface area contributed by atoms with Gasteiger partial charge in [-0.05, 0) is 43.9 Å². The van der Waals surface area contributed by atoms with Crippen LogP contribution in [0.25, 0.3) is 0 Å². The van der Waals surface area contributed by atoms with E-state index < -0.39 is 5.54 Å². The third kappa shape index (κ3) is 2.61. The fourth-order valence-corrected chi connectivity index (χ4v) is 2.47. The summed E-state index contributed by atoms with van der Waals surface area (Å²) in [6, 6.07) is 6.25. The average Bonchev–Trinajstić information content (AvgIpc) is 3.21. The summed E-state index contributed by atoms with van der Waals surface area (Å²) in [5.41, 5.74) is -0.248. The Bertz CT molecular complexity index is 678. The summed E-state index contributed by atoms with van der Waals surface area (Å²) < 4.78 is 5.04. The number of aryl methyl sites for hydroxylation is 1. The highest BCUT2D eigenvalue weighted by Gasteiger charge is 2.47. The summed E-state index contributed by atoms with van der Waals surface area (Å²) in [5, 5.41) is 16.4. The van der Waals surface area contributed by atoms with Crippen molar-refractivity contribution in [3.8, 4) is 5.75 Å². The number of phenols is 1. The molecule has 0 bridgehead atoms. The van der Waals surface area contributed by atoms with Crippen molar-refractivity contribution in [2.45, 2.75) is 32.2 Å². The van der Waals surface area contributed by atoms with E-state index in [-0.39, 0.29) is 11.7 Å². The quantitative estimate of drug-likeness (QED) is 0.899. The topological polar surface area (TPSA) is 88.2 Å². The van der Waals surface area contributed by atoms with Crippen LogP contribution in [0.5, 0.6) is 5.75 Å². The van der Waals surface area contributed by atoms with Gasteiger partial charge < -0.3 is 14.9 Å². The molecule has 6 nitrogen and oxygen atoms in total. The van der Waals surface area contributed by atoms with Crippen LogP contribution in [0.15, 0.2) is 28.8 Å². The molecular formula is C15H17N3O3. The maximum absolute atomic E-state index is 12.4. The fourth-order valence-electron chi connectivity index (χ4n) is 2.47. The minimum Gasteiger partial charge on any atom is -0.508 e. The summed E-state index contributed by atoms with van der Waals surface area (Å²) in [6.45, 7) is 3.64. The Labute approximate surface area is 122 Å². The molecule has 1 heterocycles. The molecule has 1 amide bonds. The molecule has 6 heteroatoms. The SMILES string of the molecule is Cc1nc(C(C)(NC(=O)c2cccc(O)c2)C2CC2)no1. The van der Waals surface area contributed by atoms with Gasteiger partial charge in [0.15, 0.2) is 5.82 Å². The molecule has 1 aliphatic carbocycles. The number of amides is 1. The van der Waals surface area contributed by atoms with Crippen LogP contribution >= 0.6 is 0 Å². The van der Waals surface area contributed by atoms with Crippen LogP contribution in [0.2, 0.25) is 0 Å². The zero-order valence-corrected chi connectivity index (χ0v) is 12.0. The Hall–Kier alpha value is -2.37. The van der Waals surface area contributed by atoms with Gasteiger partial charge in [-0.2, -0.15) is 4.98 Å². The second-order valence-electron chi connectivity index (χ2n) is 5.62. The smallest absolute Gasteiger partial charge is 0.252 e. The van der Waals surface area contributed by atoms with Gasteiger partial charge in [0, 0.05) is 12.5 Å². The van der Waals surface area contributed by atoms with Crippen molar-refractivity contribution in [1.82, 2.24) is 15.5 Å². The number of carbonyl (C=O) groups excluding carboxylic acids is 1. The maximum atomic E-state index is 12.4. The second-order valence-corrected chi connectivity index (χ2v) is 5.62. The van der Waals surface area contributed by atoms with Gasteiger partial charge in [0.05, 0.1) is 0 Å². The third-order valence-corrected chi connectivity index (χ3v) is 3.87. The fraction of sp³-hybridized carbons (Fsp3) is 0.400. The third-order valence-electron chi connectivity index (χ3n) is 3.87. The maximum Gasteiger partial charge on any atom is 0.252 e. The van der Waals surface area contributed by atoms with E-state index in [9.17, 15) is 9.90 Å². The Morgan fingerprint density at radius 2 is 2.24 bits per heavy atom. The van der Waals surface area contributed by atoms with E-state index in [1.165, 1.54) is 12.1 Å². The van der Waals surface area contributed by atoms with Gasteiger partial charge >= 0.3 is 0 Å². The molecule has 1 saturated carbocycles. The van der Waals surface area contributed by atoms with Gasteiger partial charge in [0.2, 0.25) is 5.89 Å². The number of phenolic OH excluding ortho intramolecular Hbond substituents is 1. The first-order chi connectivity index (χ1) is 9.99.